The summed E-state index contributed by atoms with van der Waals surface area (Å²) >= 11 is 28.8. The predicted molar refractivity (Wildman–Crippen MR) is 72.5 cm³/mol. The van der Waals surface area contributed by atoms with Gasteiger partial charge in [0.1, 0.15) is 0 Å². The highest BCUT2D eigenvalue weighted by Crippen LogP contribution is 2.29. The van der Waals surface area contributed by atoms with Crippen molar-refractivity contribution in [2.45, 2.75) is 42.8 Å². The maximum Gasteiger partial charge on any atom is 0.266 e. The molecule has 0 aliphatic heterocycles. The number of alkyl halides is 6. The Kier molecular flexibility index (Phi) is 25.8. The normalized spacial score (nSPS) is 9.43. The van der Waals surface area contributed by atoms with Gasteiger partial charge in [-0.1, -0.05) is 85.9 Å². The van der Waals surface area contributed by atoms with E-state index >= 15 is 0 Å². The zero-order chi connectivity index (χ0) is 12.0. The first-order valence-electron chi connectivity index (χ1n) is 4.20. The Morgan fingerprint density at radius 2 is 0.929 bits per heavy atom. The average molecular weight is 325 g/mol. The highest BCUT2D eigenvalue weighted by atomic mass is 35.6. The molecule has 0 aromatic heterocycles. The molecule has 0 amide bonds. The van der Waals surface area contributed by atoms with Crippen molar-refractivity contribution in [3.05, 3.63) is 0 Å². The van der Waals surface area contributed by atoms with Gasteiger partial charge in [0.25, 0.3) is 3.25 Å². The minimum atomic E-state index is -1.61. The van der Waals surface area contributed by atoms with Crippen molar-refractivity contribution in [3.8, 4) is 0 Å². The molecule has 14 heavy (non-hydrogen) atoms. The van der Waals surface area contributed by atoms with Crippen molar-refractivity contribution in [2.24, 2.45) is 0 Å². The van der Waals surface area contributed by atoms with Crippen LogP contribution < -0.4 is 0 Å². The molecule has 0 bridgehead atoms. The molecule has 6 heteroatoms. The fraction of sp³-hybridized carbons (Fsp3) is 1.00. The first kappa shape index (κ1) is 21.1. The van der Waals surface area contributed by atoms with Crippen LogP contribution in [0.25, 0.3) is 0 Å². The summed E-state index contributed by atoms with van der Waals surface area (Å²) in [7, 11) is 0. The minimum absolute atomic E-state index is 0.194. The van der Waals surface area contributed by atoms with Crippen molar-refractivity contribution in [2.75, 3.05) is 5.34 Å². The van der Waals surface area contributed by atoms with E-state index in [1.165, 1.54) is 25.7 Å². The Balaban J connectivity index is -0.000000138. The molecular formula is C8H16Cl6. The highest BCUT2D eigenvalue weighted by Gasteiger charge is 2.11. The van der Waals surface area contributed by atoms with Gasteiger partial charge in [-0.3, -0.25) is 0 Å². The van der Waals surface area contributed by atoms with Gasteiger partial charge in [0.05, 0.1) is 5.34 Å². The van der Waals surface area contributed by atoms with E-state index in [0.29, 0.717) is 0 Å². The van der Waals surface area contributed by atoms with Gasteiger partial charge in [-0.15, -0.1) is 23.2 Å². The van der Waals surface area contributed by atoms with Crippen LogP contribution in [-0.4, -0.2) is 8.59 Å². The van der Waals surface area contributed by atoms with Crippen LogP contribution in [0.5, 0.6) is 0 Å². The Labute approximate surface area is 117 Å². The number of halogens is 6. The maximum absolute atomic E-state index is 4.83. The van der Waals surface area contributed by atoms with Gasteiger partial charge in [-0.25, -0.2) is 0 Å². The van der Waals surface area contributed by atoms with Gasteiger partial charge in [-0.05, 0) is 0 Å². The topological polar surface area (TPSA) is 0 Å². The van der Waals surface area contributed by atoms with Crippen LogP contribution in [0, 0.1) is 0 Å². The van der Waals surface area contributed by atoms with E-state index in [2.05, 4.69) is 13.8 Å². The lowest BCUT2D eigenvalue weighted by atomic mass is 10.2. The van der Waals surface area contributed by atoms with Gasteiger partial charge < -0.3 is 0 Å². The van der Waals surface area contributed by atoms with E-state index in [0.717, 1.165) is 0 Å². The minimum Gasteiger partial charge on any atom is -0.109 e. The summed E-state index contributed by atoms with van der Waals surface area (Å²) in [6.45, 7) is 4.46. The fourth-order valence-corrected chi connectivity index (χ4v) is 0.500. The molecule has 0 saturated heterocycles. The Morgan fingerprint density at radius 1 is 0.786 bits per heavy atom. The quantitative estimate of drug-likeness (QED) is 0.407. The largest absolute Gasteiger partial charge is 0.266 e. The molecule has 0 heterocycles. The smallest absolute Gasteiger partial charge is 0.109 e. The molecule has 90 valence electrons. The van der Waals surface area contributed by atoms with E-state index in [1.807, 2.05) is 0 Å². The van der Waals surface area contributed by atoms with Crippen molar-refractivity contribution >= 4 is 69.6 Å². The monoisotopic (exact) mass is 322 g/mol. The average Bonchev–Trinajstić information content (AvgIpc) is 1.99. The lowest BCUT2D eigenvalue weighted by Crippen LogP contribution is -1.81. The van der Waals surface area contributed by atoms with Crippen molar-refractivity contribution in [3.63, 3.8) is 0 Å². The summed E-state index contributed by atoms with van der Waals surface area (Å²) in [4.78, 5) is 0. The summed E-state index contributed by atoms with van der Waals surface area (Å²) in [6, 6.07) is 0. The van der Waals surface area contributed by atoms with E-state index in [4.69, 9.17) is 69.6 Å². The molecule has 0 spiro atoms. The molecule has 0 aliphatic carbocycles. The van der Waals surface area contributed by atoms with Gasteiger partial charge in [0.2, 0.25) is 0 Å². The summed E-state index contributed by atoms with van der Waals surface area (Å²) in [5, 5.41) is 0.194. The Hall–Kier alpha value is 1.74. The molecular weight excluding hydrogens is 309 g/mol. The van der Waals surface area contributed by atoms with Gasteiger partial charge in [-0.2, -0.15) is 0 Å². The standard InChI is InChI=1S/C6H14.CCl4.CH2Cl2/c1-3-5-6-4-2;2-1(3,4)5;2-1-3/h3-6H2,1-2H3;;1H2. The van der Waals surface area contributed by atoms with E-state index in [-0.39, 0.29) is 5.34 Å². The van der Waals surface area contributed by atoms with Gasteiger partial charge in [0.15, 0.2) is 0 Å². The maximum atomic E-state index is 4.83. The van der Waals surface area contributed by atoms with Gasteiger partial charge in [0, 0.05) is 0 Å². The zero-order valence-electron chi connectivity index (χ0n) is 8.30. The Bertz CT molecular complexity index is 70.4. The fourth-order valence-electron chi connectivity index (χ4n) is 0.500. The molecule has 0 N–H and O–H groups in total. The molecule has 0 aromatic carbocycles. The first-order chi connectivity index (χ1) is 6.33. The van der Waals surface area contributed by atoms with E-state index in [1.54, 1.807) is 0 Å². The molecule has 0 unspecified atom stereocenters. The zero-order valence-corrected chi connectivity index (χ0v) is 12.8. The van der Waals surface area contributed by atoms with E-state index < -0.39 is 3.25 Å². The molecule has 0 aromatic rings. The molecule has 0 rings (SSSR count). The van der Waals surface area contributed by atoms with Crippen LogP contribution in [-0.2, 0) is 0 Å². The van der Waals surface area contributed by atoms with Crippen LogP contribution in [0.1, 0.15) is 39.5 Å². The van der Waals surface area contributed by atoms with Crippen molar-refractivity contribution in [1.82, 2.24) is 0 Å². The Morgan fingerprint density at radius 3 is 1.00 bits per heavy atom. The number of unbranched alkanes of at least 4 members (excludes halogenated alkanes) is 3. The number of hydrogen-bond donors (Lipinski definition) is 0. The molecule has 0 fully saturated rings. The van der Waals surface area contributed by atoms with Crippen LogP contribution in [0.3, 0.4) is 0 Å². The second-order valence-electron chi connectivity index (χ2n) is 2.24. The second-order valence-corrected chi connectivity index (χ2v) is 6.47. The summed E-state index contributed by atoms with van der Waals surface area (Å²) < 4.78 is -1.61. The number of hydrogen-bond acceptors (Lipinski definition) is 0. The van der Waals surface area contributed by atoms with Crippen LogP contribution in [0.2, 0.25) is 0 Å². The third-order valence-electron chi connectivity index (χ3n) is 0.957. The summed E-state index contributed by atoms with van der Waals surface area (Å²) in [5.74, 6) is 0. The lowest BCUT2D eigenvalue weighted by molar-refractivity contribution is 0.702. The third kappa shape index (κ3) is 99.3. The van der Waals surface area contributed by atoms with Gasteiger partial charge >= 0.3 is 0 Å². The predicted octanol–water partition coefficient (Wildman–Crippen LogP) is 6.56. The molecule has 0 saturated carbocycles. The molecule has 0 radical (unpaired) electrons. The molecule has 0 aliphatic rings. The molecule has 0 atom stereocenters. The van der Waals surface area contributed by atoms with Crippen LogP contribution >= 0.6 is 69.6 Å². The van der Waals surface area contributed by atoms with Crippen LogP contribution in [0.15, 0.2) is 0 Å². The van der Waals surface area contributed by atoms with E-state index in [9.17, 15) is 0 Å². The summed E-state index contributed by atoms with van der Waals surface area (Å²) in [6.07, 6.45) is 5.54. The highest BCUT2D eigenvalue weighted by molar-refractivity contribution is 6.83. The number of rotatable bonds is 3. The lowest BCUT2D eigenvalue weighted by Gasteiger charge is -1.91. The SMILES string of the molecule is CCCCCC.ClC(Cl)(Cl)Cl.ClCCl. The van der Waals surface area contributed by atoms with Crippen LogP contribution in [0.4, 0.5) is 0 Å². The first-order valence-corrected chi connectivity index (χ1v) is 6.79. The van der Waals surface area contributed by atoms with Crippen molar-refractivity contribution in [1.29, 1.82) is 0 Å². The third-order valence-corrected chi connectivity index (χ3v) is 0.957. The molecule has 0 nitrogen and oxygen atoms in total. The summed E-state index contributed by atoms with van der Waals surface area (Å²) in [5.41, 5.74) is 0. The second kappa shape index (κ2) is 17.1. The van der Waals surface area contributed by atoms with Crippen molar-refractivity contribution < 1.29 is 0 Å².